The number of unbranched alkanes of at least 4 members (excludes halogenated alkanes) is 2. The van der Waals surface area contributed by atoms with Crippen molar-refractivity contribution in [2.24, 2.45) is 17.6 Å². The van der Waals surface area contributed by atoms with Gasteiger partial charge in [-0.1, -0.05) is 89.4 Å². The minimum Gasteiger partial charge on any atom is -0.508 e. The van der Waals surface area contributed by atoms with Gasteiger partial charge in [0, 0.05) is 19.4 Å². The second-order valence-electron chi connectivity index (χ2n) is 17.4. The fourth-order valence-corrected chi connectivity index (χ4v) is 7.76. The van der Waals surface area contributed by atoms with Crippen LogP contribution in [0.1, 0.15) is 104 Å². The molecule has 7 amide bonds. The summed E-state index contributed by atoms with van der Waals surface area (Å²) in [6.07, 6.45) is 2.33. The number of esters is 1. The molecule has 17 nitrogen and oxygen atoms in total. The highest BCUT2D eigenvalue weighted by atomic mass is 16.5. The van der Waals surface area contributed by atoms with Crippen molar-refractivity contribution in [1.29, 1.82) is 0 Å². The van der Waals surface area contributed by atoms with Crippen molar-refractivity contribution in [3.8, 4) is 5.75 Å². The van der Waals surface area contributed by atoms with E-state index in [9.17, 15) is 43.5 Å². The summed E-state index contributed by atoms with van der Waals surface area (Å²) in [6, 6.07) is 7.51. The third kappa shape index (κ3) is 15.7. The van der Waals surface area contributed by atoms with Gasteiger partial charge in [0.15, 0.2) is 0 Å². The number of aromatic hydroxyl groups is 1. The average molecular weight is 876 g/mol. The number of nitrogens with two attached hydrogens (primary N) is 1. The molecular formula is C46H65N7O10. The smallest absolute Gasteiger partial charge is 0.329 e. The van der Waals surface area contributed by atoms with Crippen molar-refractivity contribution in [2.75, 3.05) is 6.54 Å². The number of phenols is 1. The first-order valence-corrected chi connectivity index (χ1v) is 22.0. The number of hydrogen-bond donors (Lipinski definition) is 7. The van der Waals surface area contributed by atoms with Gasteiger partial charge in [0.25, 0.3) is 0 Å². The highest BCUT2D eigenvalue weighted by molar-refractivity contribution is 5.98. The minimum absolute atomic E-state index is 0.0337. The molecule has 344 valence electrons. The van der Waals surface area contributed by atoms with Crippen LogP contribution in [-0.2, 0) is 55.9 Å². The highest BCUT2D eigenvalue weighted by Gasteiger charge is 2.40. The zero-order chi connectivity index (χ0) is 46.2. The first kappa shape index (κ1) is 49.7. The summed E-state index contributed by atoms with van der Waals surface area (Å²) in [5.41, 5.74) is 6.78. The first-order chi connectivity index (χ1) is 29.9. The largest absolute Gasteiger partial charge is 0.508 e. The van der Waals surface area contributed by atoms with E-state index in [1.165, 1.54) is 24.0 Å². The number of rotatable bonds is 13. The lowest BCUT2D eigenvalue weighted by Gasteiger charge is -2.31. The lowest BCUT2D eigenvalue weighted by atomic mass is 10.0. The standard InChI is InChI=1S/C46H65N7O10/c1-27(2)13-8-6-11-16-33-25-39(56)49-35(23-30-14-9-7-10-15-30)45(61)53-22-12-17-37(53)43(59)48-29(5)41(57)52-40(28(3)4)44(60)50-34(26-38(47)55)42(58)51-36(46(62)63-33)24-31-18-20-32(54)21-19-31/h7,9-10,14-15,18-21,27-29,33-37,40,54H,6,8,11-13,16-17,22-26H2,1-5H3,(H2,47,55)(H,48,59)(H,49,56)(H,50,60)(H,51,58)(H,52,57)/t29-,33?,34-,35-,36+,37+,40+/m1/s1. The van der Waals surface area contributed by atoms with Crippen molar-refractivity contribution < 1.29 is 48.2 Å². The van der Waals surface area contributed by atoms with Gasteiger partial charge >= 0.3 is 5.97 Å². The molecule has 0 radical (unpaired) electrons. The molecule has 0 spiro atoms. The molecule has 2 saturated heterocycles. The lowest BCUT2D eigenvalue weighted by molar-refractivity contribution is -0.155. The van der Waals surface area contributed by atoms with E-state index in [0.29, 0.717) is 30.7 Å². The van der Waals surface area contributed by atoms with Gasteiger partial charge < -0.3 is 47.1 Å². The number of benzene rings is 2. The number of ether oxygens (including phenoxy) is 1. The fourth-order valence-electron chi connectivity index (χ4n) is 7.76. The summed E-state index contributed by atoms with van der Waals surface area (Å²) in [6.45, 7) is 9.20. The molecule has 2 aliphatic rings. The molecule has 0 saturated carbocycles. The molecule has 1 unspecified atom stereocenters. The van der Waals surface area contributed by atoms with Gasteiger partial charge in [-0.25, -0.2) is 4.79 Å². The van der Waals surface area contributed by atoms with Gasteiger partial charge in [0.2, 0.25) is 41.4 Å². The van der Waals surface area contributed by atoms with Crippen LogP contribution in [0.3, 0.4) is 0 Å². The predicted octanol–water partition coefficient (Wildman–Crippen LogP) is 2.07. The van der Waals surface area contributed by atoms with Gasteiger partial charge in [-0.15, -0.1) is 0 Å². The van der Waals surface area contributed by atoms with Gasteiger partial charge in [0.05, 0.1) is 12.8 Å². The van der Waals surface area contributed by atoms with Crippen LogP contribution >= 0.6 is 0 Å². The Morgan fingerprint density at radius 1 is 0.762 bits per heavy atom. The number of phenolic OH excluding ortho intramolecular Hbond substituents is 1. The molecule has 8 N–H and O–H groups in total. The van der Waals surface area contributed by atoms with E-state index < -0.39 is 102 Å². The number of cyclic esters (lactones) is 1. The maximum atomic E-state index is 14.4. The Bertz CT molecular complexity index is 1910. The average Bonchev–Trinajstić information content (AvgIpc) is 3.72. The van der Waals surface area contributed by atoms with Gasteiger partial charge in [-0.2, -0.15) is 0 Å². The fraction of sp³-hybridized carbons (Fsp3) is 0.565. The first-order valence-electron chi connectivity index (χ1n) is 22.0. The molecule has 2 fully saturated rings. The number of amides is 7. The summed E-state index contributed by atoms with van der Waals surface area (Å²) in [7, 11) is 0. The van der Waals surface area contributed by atoms with Crippen molar-refractivity contribution in [3.63, 3.8) is 0 Å². The second kappa shape index (κ2) is 24.0. The molecule has 4 rings (SSSR count). The normalized spacial score (nSPS) is 24.8. The Kier molecular flexibility index (Phi) is 18.9. The number of hydrogen-bond acceptors (Lipinski definition) is 10. The quantitative estimate of drug-likeness (QED) is 0.114. The maximum absolute atomic E-state index is 14.4. The zero-order valence-electron chi connectivity index (χ0n) is 37.0. The Labute approximate surface area is 369 Å². The molecule has 63 heavy (non-hydrogen) atoms. The highest BCUT2D eigenvalue weighted by Crippen LogP contribution is 2.22. The van der Waals surface area contributed by atoms with E-state index in [4.69, 9.17) is 10.5 Å². The zero-order valence-corrected chi connectivity index (χ0v) is 37.0. The van der Waals surface area contributed by atoms with E-state index in [-0.39, 0.29) is 38.0 Å². The van der Waals surface area contributed by atoms with Crippen LogP contribution in [0, 0.1) is 11.8 Å². The third-order valence-electron chi connectivity index (χ3n) is 11.3. The monoisotopic (exact) mass is 875 g/mol. The molecule has 7 atom stereocenters. The van der Waals surface area contributed by atoms with Crippen LogP contribution in [0.4, 0.5) is 0 Å². The van der Waals surface area contributed by atoms with E-state index in [1.54, 1.807) is 26.0 Å². The van der Waals surface area contributed by atoms with Crippen molar-refractivity contribution in [1.82, 2.24) is 31.5 Å². The number of nitrogens with zero attached hydrogens (tertiary/aromatic N) is 1. The van der Waals surface area contributed by atoms with Crippen molar-refractivity contribution >= 4 is 47.3 Å². The molecule has 2 heterocycles. The molecule has 0 aliphatic carbocycles. The van der Waals surface area contributed by atoms with Crippen LogP contribution < -0.4 is 32.3 Å². The number of fused-ring (bicyclic) bond motifs is 1. The number of nitrogens with one attached hydrogen (secondary N) is 5. The van der Waals surface area contributed by atoms with Crippen molar-refractivity contribution in [2.45, 2.75) is 148 Å². The molecule has 2 aromatic rings. The SMILES string of the molecule is CC(C)CCCCCC1CC(=O)N[C@H](Cc2ccccc2)C(=O)N2CCC[C@H]2C(=O)N[C@H](C)C(=O)N[C@@H](C(C)C)C(=O)N[C@H](CC(N)=O)C(=O)N[C@@H](Cc2ccc(O)cc2)C(=O)O1. The number of primary amides is 1. The van der Waals surface area contributed by atoms with E-state index in [1.807, 2.05) is 30.3 Å². The molecule has 2 aliphatic heterocycles. The summed E-state index contributed by atoms with van der Waals surface area (Å²) < 4.78 is 6.05. The minimum atomic E-state index is -1.59. The Balaban J connectivity index is 1.75. The van der Waals surface area contributed by atoms with Gasteiger partial charge in [-0.05, 0) is 67.7 Å². The Morgan fingerprint density at radius 2 is 1.41 bits per heavy atom. The van der Waals surface area contributed by atoms with Gasteiger partial charge in [0.1, 0.15) is 48.1 Å². The Hall–Kier alpha value is -6.00. The van der Waals surface area contributed by atoms with E-state index in [2.05, 4.69) is 40.4 Å². The number of carbonyl (C=O) groups excluding carboxylic acids is 8. The topological polar surface area (TPSA) is 255 Å². The van der Waals surface area contributed by atoms with Crippen LogP contribution in [0.15, 0.2) is 54.6 Å². The molecule has 0 aromatic heterocycles. The predicted molar refractivity (Wildman–Crippen MR) is 233 cm³/mol. The molecule has 17 heteroatoms. The lowest BCUT2D eigenvalue weighted by Crippen LogP contribution is -2.60. The second-order valence-corrected chi connectivity index (χ2v) is 17.4. The van der Waals surface area contributed by atoms with Crippen LogP contribution in [0.25, 0.3) is 0 Å². The molecule has 0 bridgehead atoms. The Morgan fingerprint density at radius 3 is 2.06 bits per heavy atom. The molecular weight excluding hydrogens is 811 g/mol. The van der Waals surface area contributed by atoms with Crippen molar-refractivity contribution in [3.05, 3.63) is 65.7 Å². The summed E-state index contributed by atoms with van der Waals surface area (Å²) >= 11 is 0. The van der Waals surface area contributed by atoms with Crippen LogP contribution in [0.5, 0.6) is 5.75 Å². The maximum Gasteiger partial charge on any atom is 0.329 e. The summed E-state index contributed by atoms with van der Waals surface area (Å²) in [5.74, 6) is -6.13. The van der Waals surface area contributed by atoms with Crippen LogP contribution in [0.2, 0.25) is 0 Å². The van der Waals surface area contributed by atoms with E-state index in [0.717, 1.165) is 24.8 Å². The third-order valence-corrected chi connectivity index (χ3v) is 11.3. The summed E-state index contributed by atoms with van der Waals surface area (Å²) in [4.78, 5) is 111. The number of carbonyl (C=O) groups is 8. The van der Waals surface area contributed by atoms with Crippen LogP contribution in [-0.4, -0.2) is 106 Å². The summed E-state index contributed by atoms with van der Waals surface area (Å²) in [5, 5.41) is 23.2. The molecule has 2 aromatic carbocycles. The van der Waals surface area contributed by atoms with Gasteiger partial charge in [-0.3, -0.25) is 33.6 Å². The van der Waals surface area contributed by atoms with E-state index >= 15 is 0 Å².